The first kappa shape index (κ1) is 12.2. The number of rotatable bonds is 3. The van der Waals surface area contributed by atoms with E-state index in [4.69, 9.17) is 5.11 Å². The molecule has 0 amide bonds. The maximum atomic E-state index is 10.9. The first-order valence-electron chi connectivity index (χ1n) is 6.23. The zero-order chi connectivity index (χ0) is 13.4. The van der Waals surface area contributed by atoms with Gasteiger partial charge in [0.15, 0.2) is 5.13 Å². The van der Waals surface area contributed by atoms with Gasteiger partial charge < -0.3 is 10.4 Å². The molecule has 0 unspecified atom stereocenters. The Hall–Kier alpha value is -1.88. The van der Waals surface area contributed by atoms with Crippen LogP contribution < -0.4 is 5.32 Å². The lowest BCUT2D eigenvalue weighted by atomic mass is 10.1. The normalized spacial score (nSPS) is 13.3. The maximum absolute atomic E-state index is 10.9. The summed E-state index contributed by atoms with van der Waals surface area (Å²) in [4.78, 5) is 16.8. The van der Waals surface area contributed by atoms with Gasteiger partial charge in [-0.2, -0.15) is 0 Å². The number of hydrogen-bond acceptors (Lipinski definition) is 4. The number of anilines is 2. The van der Waals surface area contributed by atoms with Crippen molar-refractivity contribution >= 4 is 28.1 Å². The first-order valence-corrected chi connectivity index (χ1v) is 7.04. The molecular weight excluding hydrogens is 260 g/mol. The number of carboxylic acids is 1. The van der Waals surface area contributed by atoms with Crippen molar-refractivity contribution in [1.82, 2.24) is 4.98 Å². The van der Waals surface area contributed by atoms with E-state index < -0.39 is 5.97 Å². The molecule has 0 saturated carbocycles. The molecule has 1 aromatic heterocycles. The molecule has 1 aromatic carbocycles. The van der Waals surface area contributed by atoms with E-state index >= 15 is 0 Å². The SMILES string of the molecule is Cc1cc(C(=O)O)ccc1Nc1nc2c(s1)CCC2. The molecule has 0 bridgehead atoms. The predicted octanol–water partition coefficient (Wildman–Crippen LogP) is 3.38. The van der Waals surface area contributed by atoms with Crippen LogP contribution in [0.25, 0.3) is 0 Å². The van der Waals surface area contributed by atoms with Gasteiger partial charge in [0.2, 0.25) is 0 Å². The summed E-state index contributed by atoms with van der Waals surface area (Å²) in [5, 5.41) is 13.1. The van der Waals surface area contributed by atoms with Crippen molar-refractivity contribution in [2.75, 3.05) is 5.32 Å². The zero-order valence-electron chi connectivity index (χ0n) is 10.6. The number of carbonyl (C=O) groups is 1. The van der Waals surface area contributed by atoms with Crippen LogP contribution in [0.3, 0.4) is 0 Å². The van der Waals surface area contributed by atoms with Gasteiger partial charge in [0.25, 0.3) is 0 Å². The highest BCUT2D eigenvalue weighted by Crippen LogP contribution is 2.32. The monoisotopic (exact) mass is 274 g/mol. The molecule has 5 heteroatoms. The molecular formula is C14H14N2O2S. The quantitative estimate of drug-likeness (QED) is 0.900. The molecule has 1 heterocycles. The van der Waals surface area contributed by atoms with Crippen molar-refractivity contribution < 1.29 is 9.90 Å². The molecule has 4 nitrogen and oxygen atoms in total. The molecule has 1 aliphatic rings. The Morgan fingerprint density at radius 1 is 1.42 bits per heavy atom. The summed E-state index contributed by atoms with van der Waals surface area (Å²) in [5.74, 6) is -0.900. The molecule has 2 N–H and O–H groups in total. The van der Waals surface area contributed by atoms with Crippen molar-refractivity contribution in [3.63, 3.8) is 0 Å². The second-order valence-corrected chi connectivity index (χ2v) is 5.79. The third kappa shape index (κ3) is 2.33. The molecule has 0 saturated heterocycles. The van der Waals surface area contributed by atoms with Crippen molar-refractivity contribution in [1.29, 1.82) is 0 Å². The molecule has 19 heavy (non-hydrogen) atoms. The summed E-state index contributed by atoms with van der Waals surface area (Å²) in [6.45, 7) is 1.90. The number of aromatic nitrogens is 1. The fourth-order valence-corrected chi connectivity index (χ4v) is 3.36. The Kier molecular flexibility index (Phi) is 2.98. The van der Waals surface area contributed by atoms with E-state index in [-0.39, 0.29) is 0 Å². The largest absolute Gasteiger partial charge is 0.478 e. The summed E-state index contributed by atoms with van der Waals surface area (Å²) < 4.78 is 0. The highest BCUT2D eigenvalue weighted by Gasteiger charge is 2.17. The molecule has 2 aromatic rings. The molecule has 0 radical (unpaired) electrons. The van der Waals surface area contributed by atoms with Crippen molar-refractivity contribution in [2.45, 2.75) is 26.2 Å². The van der Waals surface area contributed by atoms with E-state index in [9.17, 15) is 4.79 Å². The van der Waals surface area contributed by atoms with Gasteiger partial charge in [-0.3, -0.25) is 0 Å². The number of carboxylic acid groups (broad SMARTS) is 1. The number of thiazole rings is 1. The van der Waals surface area contributed by atoms with Gasteiger partial charge in [-0.1, -0.05) is 0 Å². The second kappa shape index (κ2) is 4.66. The molecule has 98 valence electrons. The summed E-state index contributed by atoms with van der Waals surface area (Å²) in [7, 11) is 0. The predicted molar refractivity (Wildman–Crippen MR) is 75.6 cm³/mol. The Morgan fingerprint density at radius 3 is 2.95 bits per heavy atom. The molecule has 0 spiro atoms. The lowest BCUT2D eigenvalue weighted by molar-refractivity contribution is 0.0697. The van der Waals surface area contributed by atoms with E-state index in [1.807, 2.05) is 6.92 Å². The summed E-state index contributed by atoms with van der Waals surface area (Å²) in [6, 6.07) is 5.08. The van der Waals surface area contributed by atoms with Crippen LogP contribution in [0.5, 0.6) is 0 Å². The highest BCUT2D eigenvalue weighted by molar-refractivity contribution is 7.15. The van der Waals surface area contributed by atoms with Crippen LogP contribution in [-0.2, 0) is 12.8 Å². The third-order valence-corrected chi connectivity index (χ3v) is 4.38. The van der Waals surface area contributed by atoms with Crippen LogP contribution >= 0.6 is 11.3 Å². The minimum absolute atomic E-state index is 0.310. The van der Waals surface area contributed by atoms with E-state index in [2.05, 4.69) is 10.3 Å². The lowest BCUT2D eigenvalue weighted by Crippen LogP contribution is -1.99. The molecule has 0 fully saturated rings. The van der Waals surface area contributed by atoms with E-state index in [0.717, 1.165) is 29.2 Å². The van der Waals surface area contributed by atoms with Crippen LogP contribution in [0.2, 0.25) is 0 Å². The fraction of sp³-hybridized carbons (Fsp3) is 0.286. The number of hydrogen-bond donors (Lipinski definition) is 2. The van der Waals surface area contributed by atoms with Crippen LogP contribution in [-0.4, -0.2) is 16.1 Å². The standard InChI is InChI=1S/C14H14N2O2S/c1-8-7-9(13(17)18)5-6-10(8)15-14-16-11-3-2-4-12(11)19-14/h5-7H,2-4H2,1H3,(H,15,16)(H,17,18). The van der Waals surface area contributed by atoms with Gasteiger partial charge in [-0.05, 0) is 49.9 Å². The second-order valence-electron chi connectivity index (χ2n) is 4.70. The third-order valence-electron chi connectivity index (χ3n) is 3.31. The Morgan fingerprint density at radius 2 is 2.26 bits per heavy atom. The molecule has 0 atom stereocenters. The highest BCUT2D eigenvalue weighted by atomic mass is 32.1. The van der Waals surface area contributed by atoms with Gasteiger partial charge in [-0.25, -0.2) is 9.78 Å². The summed E-state index contributed by atoms with van der Waals surface area (Å²) >= 11 is 1.70. The van der Waals surface area contributed by atoms with Gasteiger partial charge in [0.05, 0.1) is 11.3 Å². The van der Waals surface area contributed by atoms with E-state index in [0.29, 0.717) is 5.56 Å². The smallest absolute Gasteiger partial charge is 0.335 e. The van der Waals surface area contributed by atoms with Gasteiger partial charge in [-0.15, -0.1) is 11.3 Å². The first-order chi connectivity index (χ1) is 9.13. The van der Waals surface area contributed by atoms with Crippen LogP contribution in [0.1, 0.15) is 32.9 Å². The average molecular weight is 274 g/mol. The summed E-state index contributed by atoms with van der Waals surface area (Å²) in [5.41, 5.74) is 3.35. The Balaban J connectivity index is 1.84. The number of nitrogens with one attached hydrogen (secondary N) is 1. The number of aryl methyl sites for hydroxylation is 3. The van der Waals surface area contributed by atoms with Crippen molar-refractivity contribution in [3.8, 4) is 0 Å². The minimum atomic E-state index is -0.900. The van der Waals surface area contributed by atoms with E-state index in [1.54, 1.807) is 29.5 Å². The summed E-state index contributed by atoms with van der Waals surface area (Å²) in [6.07, 6.45) is 3.41. The zero-order valence-corrected chi connectivity index (χ0v) is 11.4. The number of fused-ring (bicyclic) bond motifs is 1. The number of nitrogens with zero attached hydrogens (tertiary/aromatic N) is 1. The van der Waals surface area contributed by atoms with Crippen LogP contribution in [0, 0.1) is 6.92 Å². The van der Waals surface area contributed by atoms with Crippen LogP contribution in [0.15, 0.2) is 18.2 Å². The Labute approximate surface area is 115 Å². The maximum Gasteiger partial charge on any atom is 0.335 e. The van der Waals surface area contributed by atoms with E-state index in [1.165, 1.54) is 17.0 Å². The van der Waals surface area contributed by atoms with Gasteiger partial charge in [0.1, 0.15) is 0 Å². The fourth-order valence-electron chi connectivity index (χ4n) is 2.30. The van der Waals surface area contributed by atoms with Crippen LogP contribution in [0.4, 0.5) is 10.8 Å². The lowest BCUT2D eigenvalue weighted by Gasteiger charge is -2.07. The number of aromatic carboxylic acids is 1. The molecule has 3 rings (SSSR count). The number of benzene rings is 1. The van der Waals surface area contributed by atoms with Crippen molar-refractivity contribution in [3.05, 3.63) is 39.9 Å². The molecule has 1 aliphatic carbocycles. The van der Waals surface area contributed by atoms with Gasteiger partial charge in [0, 0.05) is 10.6 Å². The molecule has 0 aliphatic heterocycles. The van der Waals surface area contributed by atoms with Gasteiger partial charge >= 0.3 is 5.97 Å². The average Bonchev–Trinajstić information content (AvgIpc) is 2.92. The Bertz CT molecular complexity index is 627. The van der Waals surface area contributed by atoms with Crippen molar-refractivity contribution in [2.24, 2.45) is 0 Å². The topological polar surface area (TPSA) is 62.2 Å². The minimum Gasteiger partial charge on any atom is -0.478 e.